The molecule has 1 fully saturated rings. The smallest absolute Gasteiger partial charge is 0.305 e. The molecule has 1 aliphatic heterocycles. The van der Waals surface area contributed by atoms with Crippen molar-refractivity contribution < 1.29 is 19.1 Å². The monoisotopic (exact) mass is 308 g/mol. The summed E-state index contributed by atoms with van der Waals surface area (Å²) in [5.41, 5.74) is 0.453. The van der Waals surface area contributed by atoms with Crippen molar-refractivity contribution in [2.75, 3.05) is 19.6 Å². The molecule has 1 unspecified atom stereocenters. The summed E-state index contributed by atoms with van der Waals surface area (Å²) in [5.74, 6) is -1.57. The van der Waals surface area contributed by atoms with Gasteiger partial charge in [-0.1, -0.05) is 25.1 Å². The van der Waals surface area contributed by atoms with Crippen LogP contribution in [-0.4, -0.2) is 52.5 Å². The number of carbonyl (C=O) groups excluding carboxylic acids is 1. The number of amides is 1. The maximum atomic E-state index is 13.7. The van der Waals surface area contributed by atoms with Crippen LogP contribution in [0, 0.1) is 5.82 Å². The summed E-state index contributed by atoms with van der Waals surface area (Å²) in [6.45, 7) is 3.97. The van der Waals surface area contributed by atoms with Crippen LogP contribution in [0.1, 0.15) is 25.3 Å². The van der Waals surface area contributed by atoms with Crippen LogP contribution in [0.5, 0.6) is 0 Å². The van der Waals surface area contributed by atoms with Gasteiger partial charge in [0.2, 0.25) is 5.91 Å². The summed E-state index contributed by atoms with van der Waals surface area (Å²) in [4.78, 5) is 27.0. The zero-order valence-electron chi connectivity index (χ0n) is 12.7. The fourth-order valence-electron chi connectivity index (χ4n) is 2.81. The number of nitrogens with zero attached hydrogens (tertiary/aromatic N) is 2. The van der Waals surface area contributed by atoms with E-state index in [-0.39, 0.29) is 24.7 Å². The van der Waals surface area contributed by atoms with E-state index in [4.69, 9.17) is 5.11 Å². The lowest BCUT2D eigenvalue weighted by Crippen LogP contribution is -2.57. The molecule has 0 saturated carbocycles. The number of carboxylic acid groups (broad SMARTS) is 1. The molecule has 5 nitrogen and oxygen atoms in total. The van der Waals surface area contributed by atoms with E-state index >= 15 is 0 Å². The van der Waals surface area contributed by atoms with Gasteiger partial charge in [-0.05, 0) is 19.0 Å². The Hall–Kier alpha value is -1.95. The molecule has 0 aliphatic carbocycles. The van der Waals surface area contributed by atoms with Gasteiger partial charge in [-0.15, -0.1) is 0 Å². The zero-order chi connectivity index (χ0) is 16.1. The van der Waals surface area contributed by atoms with Gasteiger partial charge < -0.3 is 10.0 Å². The normalized spacial score (nSPS) is 19.5. The Morgan fingerprint density at radius 2 is 2.09 bits per heavy atom. The van der Waals surface area contributed by atoms with Crippen molar-refractivity contribution in [3.8, 4) is 0 Å². The molecule has 1 N–H and O–H groups in total. The van der Waals surface area contributed by atoms with Gasteiger partial charge in [0, 0.05) is 25.2 Å². The van der Waals surface area contributed by atoms with Crippen molar-refractivity contribution in [2.24, 2.45) is 0 Å². The molecule has 22 heavy (non-hydrogen) atoms. The van der Waals surface area contributed by atoms with E-state index < -0.39 is 12.0 Å². The van der Waals surface area contributed by atoms with Crippen LogP contribution in [0.3, 0.4) is 0 Å². The van der Waals surface area contributed by atoms with E-state index in [9.17, 15) is 14.0 Å². The number of rotatable bonds is 6. The number of carbonyl (C=O) groups is 2. The van der Waals surface area contributed by atoms with Crippen molar-refractivity contribution in [3.63, 3.8) is 0 Å². The highest BCUT2D eigenvalue weighted by Gasteiger charge is 2.35. The molecule has 1 saturated heterocycles. The van der Waals surface area contributed by atoms with E-state index in [2.05, 4.69) is 0 Å². The lowest BCUT2D eigenvalue weighted by molar-refractivity contribution is -0.149. The zero-order valence-corrected chi connectivity index (χ0v) is 12.7. The fourth-order valence-corrected chi connectivity index (χ4v) is 2.81. The summed E-state index contributed by atoms with van der Waals surface area (Å²) in [7, 11) is 0. The summed E-state index contributed by atoms with van der Waals surface area (Å²) in [6.07, 6.45) is 0.642. The van der Waals surface area contributed by atoms with Gasteiger partial charge in [0.1, 0.15) is 5.82 Å². The second-order valence-corrected chi connectivity index (χ2v) is 5.50. The number of benzene rings is 1. The van der Waals surface area contributed by atoms with E-state index in [1.165, 1.54) is 6.07 Å². The van der Waals surface area contributed by atoms with Crippen molar-refractivity contribution >= 4 is 11.9 Å². The molecule has 1 heterocycles. The quantitative estimate of drug-likeness (QED) is 0.869. The maximum Gasteiger partial charge on any atom is 0.305 e. The summed E-state index contributed by atoms with van der Waals surface area (Å²) in [6, 6.07) is 5.69. The van der Waals surface area contributed by atoms with Gasteiger partial charge >= 0.3 is 5.97 Å². The second kappa shape index (κ2) is 7.35. The van der Waals surface area contributed by atoms with Gasteiger partial charge in [0.15, 0.2) is 0 Å². The SMILES string of the molecule is CCCN1CCN(Cc2ccccc2F)C(=O)C1CC(=O)O. The van der Waals surface area contributed by atoms with E-state index in [0.29, 0.717) is 25.2 Å². The molecule has 1 aromatic rings. The van der Waals surface area contributed by atoms with Gasteiger partial charge in [-0.2, -0.15) is 0 Å². The maximum absolute atomic E-state index is 13.7. The van der Waals surface area contributed by atoms with E-state index in [0.717, 1.165) is 6.42 Å². The molecule has 6 heteroatoms. The Labute approximate surface area is 129 Å². The van der Waals surface area contributed by atoms with Crippen molar-refractivity contribution in [1.29, 1.82) is 0 Å². The highest BCUT2D eigenvalue weighted by molar-refractivity contribution is 5.86. The first kappa shape index (κ1) is 16.4. The standard InChI is InChI=1S/C16H21FN2O3/c1-2-7-18-8-9-19(16(22)14(18)10-15(20)21)11-12-5-3-4-6-13(12)17/h3-6,14H,2,7-11H2,1H3,(H,20,21). The number of hydrogen-bond acceptors (Lipinski definition) is 3. The number of piperazine rings is 1. The molecule has 2 rings (SSSR count). The summed E-state index contributed by atoms with van der Waals surface area (Å²) in [5, 5.41) is 9.03. The molecule has 1 aromatic carbocycles. The highest BCUT2D eigenvalue weighted by atomic mass is 19.1. The number of carboxylic acids is 1. The molecule has 120 valence electrons. The van der Waals surface area contributed by atoms with Crippen LogP contribution in [0.2, 0.25) is 0 Å². The van der Waals surface area contributed by atoms with Crippen LogP contribution in [0.15, 0.2) is 24.3 Å². The minimum absolute atomic E-state index is 0.182. The fraction of sp³-hybridized carbons (Fsp3) is 0.500. The first-order valence-corrected chi connectivity index (χ1v) is 7.51. The Bertz CT molecular complexity index is 550. The summed E-state index contributed by atoms with van der Waals surface area (Å²) < 4.78 is 13.7. The van der Waals surface area contributed by atoms with Crippen LogP contribution in [-0.2, 0) is 16.1 Å². The predicted octanol–water partition coefficient (Wildman–Crippen LogP) is 1.72. The summed E-state index contributed by atoms with van der Waals surface area (Å²) >= 11 is 0. The van der Waals surface area contributed by atoms with Gasteiger partial charge in [0.25, 0.3) is 0 Å². The van der Waals surface area contributed by atoms with Crippen LogP contribution in [0.25, 0.3) is 0 Å². The molecular formula is C16H21FN2O3. The van der Waals surface area contributed by atoms with Crippen molar-refractivity contribution in [1.82, 2.24) is 9.80 Å². The van der Waals surface area contributed by atoms with Crippen LogP contribution >= 0.6 is 0 Å². The van der Waals surface area contributed by atoms with E-state index in [1.807, 2.05) is 11.8 Å². The predicted molar refractivity (Wildman–Crippen MR) is 79.7 cm³/mol. The van der Waals surface area contributed by atoms with Gasteiger partial charge in [-0.3, -0.25) is 14.5 Å². The number of halogens is 1. The average Bonchev–Trinajstić information content (AvgIpc) is 2.47. The Kier molecular flexibility index (Phi) is 5.49. The lowest BCUT2D eigenvalue weighted by atomic mass is 10.1. The lowest BCUT2D eigenvalue weighted by Gasteiger charge is -2.40. The molecule has 1 atom stereocenters. The topological polar surface area (TPSA) is 60.9 Å². The minimum Gasteiger partial charge on any atom is -0.481 e. The third-order valence-electron chi connectivity index (χ3n) is 3.89. The number of aliphatic carboxylic acids is 1. The molecule has 0 bridgehead atoms. The minimum atomic E-state index is -0.993. The second-order valence-electron chi connectivity index (χ2n) is 5.50. The first-order valence-electron chi connectivity index (χ1n) is 7.51. The van der Waals surface area contributed by atoms with Crippen molar-refractivity contribution in [3.05, 3.63) is 35.6 Å². The third kappa shape index (κ3) is 3.82. The van der Waals surface area contributed by atoms with Crippen LogP contribution in [0.4, 0.5) is 4.39 Å². The molecular weight excluding hydrogens is 287 g/mol. The molecule has 1 amide bonds. The molecule has 0 spiro atoms. The van der Waals surface area contributed by atoms with Crippen LogP contribution < -0.4 is 0 Å². The van der Waals surface area contributed by atoms with Gasteiger partial charge in [-0.25, -0.2) is 4.39 Å². The highest BCUT2D eigenvalue weighted by Crippen LogP contribution is 2.18. The Morgan fingerprint density at radius 3 is 2.73 bits per heavy atom. The van der Waals surface area contributed by atoms with Gasteiger partial charge in [0.05, 0.1) is 12.5 Å². The Balaban J connectivity index is 2.12. The largest absolute Gasteiger partial charge is 0.481 e. The first-order chi connectivity index (χ1) is 10.5. The molecule has 1 aliphatic rings. The average molecular weight is 308 g/mol. The molecule has 0 aromatic heterocycles. The Morgan fingerprint density at radius 1 is 1.36 bits per heavy atom. The third-order valence-corrected chi connectivity index (χ3v) is 3.89. The molecule has 0 radical (unpaired) electrons. The van der Waals surface area contributed by atoms with Crippen molar-refractivity contribution in [2.45, 2.75) is 32.4 Å². The van der Waals surface area contributed by atoms with E-state index in [1.54, 1.807) is 23.1 Å². The number of hydrogen-bond donors (Lipinski definition) is 1.